The molecule has 0 aromatic carbocycles. The number of carbonyl (C=O) groups excluding carboxylic acids is 1. The van der Waals surface area contributed by atoms with E-state index in [1.807, 2.05) is 6.92 Å². The fraction of sp³-hybridized carbons (Fsp3) is 0.650. The smallest absolute Gasteiger partial charge is 0.158 e. The van der Waals surface area contributed by atoms with Gasteiger partial charge in [0.25, 0.3) is 0 Å². The van der Waals surface area contributed by atoms with Gasteiger partial charge < -0.3 is 0 Å². The minimum absolute atomic E-state index is 0.255. The largest absolute Gasteiger partial charge is 0.295 e. The van der Waals surface area contributed by atoms with E-state index in [0.29, 0.717) is 24.0 Å². The van der Waals surface area contributed by atoms with E-state index in [9.17, 15) is 4.79 Å². The molecule has 0 spiro atoms. The van der Waals surface area contributed by atoms with Crippen LogP contribution >= 0.6 is 0 Å². The van der Waals surface area contributed by atoms with Crippen molar-refractivity contribution in [3.05, 3.63) is 35.5 Å². The van der Waals surface area contributed by atoms with Crippen molar-refractivity contribution in [1.29, 1.82) is 0 Å². The first kappa shape index (κ1) is 16.3. The Morgan fingerprint density at radius 2 is 2.05 bits per heavy atom. The van der Waals surface area contributed by atoms with Crippen LogP contribution in [0.5, 0.6) is 0 Å². The quantitative estimate of drug-likeness (QED) is 0.571. The van der Waals surface area contributed by atoms with Crippen LogP contribution in [0.25, 0.3) is 0 Å². The summed E-state index contributed by atoms with van der Waals surface area (Å²) in [5, 5.41) is 0. The number of carbonyl (C=O) groups is 1. The molecule has 0 N–H and O–H groups in total. The van der Waals surface area contributed by atoms with Crippen LogP contribution in [0.1, 0.15) is 66.2 Å². The molecule has 2 aliphatic rings. The van der Waals surface area contributed by atoms with Gasteiger partial charge in [0.1, 0.15) is 0 Å². The molecule has 1 heteroatoms. The Balaban J connectivity index is 2.35. The van der Waals surface area contributed by atoms with Crippen molar-refractivity contribution in [2.45, 2.75) is 66.2 Å². The fourth-order valence-corrected chi connectivity index (χ4v) is 4.09. The summed E-state index contributed by atoms with van der Waals surface area (Å²) in [7, 11) is 0. The molecule has 0 bridgehead atoms. The highest BCUT2D eigenvalue weighted by atomic mass is 16.1. The fourth-order valence-electron chi connectivity index (χ4n) is 4.09. The summed E-state index contributed by atoms with van der Waals surface area (Å²) in [5.41, 5.74) is 3.94. The van der Waals surface area contributed by atoms with Crippen LogP contribution in [-0.2, 0) is 4.79 Å². The highest BCUT2D eigenvalue weighted by Crippen LogP contribution is 2.53. The lowest BCUT2D eigenvalue weighted by molar-refractivity contribution is -0.117. The van der Waals surface area contributed by atoms with Crippen molar-refractivity contribution < 1.29 is 4.79 Å². The molecular formula is C20H30O. The predicted molar refractivity (Wildman–Crippen MR) is 90.1 cm³/mol. The van der Waals surface area contributed by atoms with Gasteiger partial charge >= 0.3 is 0 Å². The minimum atomic E-state index is 0.255. The first-order valence-electron chi connectivity index (χ1n) is 8.34. The zero-order valence-electron chi connectivity index (χ0n) is 14.2. The maximum atomic E-state index is 12.6. The third-order valence-corrected chi connectivity index (χ3v) is 5.79. The zero-order chi connectivity index (χ0) is 15.6. The summed E-state index contributed by atoms with van der Waals surface area (Å²) in [4.78, 5) is 12.6. The van der Waals surface area contributed by atoms with Gasteiger partial charge in [-0.25, -0.2) is 0 Å². The molecule has 0 aromatic rings. The van der Waals surface area contributed by atoms with E-state index in [2.05, 4.69) is 39.5 Å². The van der Waals surface area contributed by atoms with Gasteiger partial charge in [-0.2, -0.15) is 0 Å². The van der Waals surface area contributed by atoms with Crippen molar-refractivity contribution in [3.63, 3.8) is 0 Å². The Morgan fingerprint density at radius 1 is 1.33 bits per heavy atom. The van der Waals surface area contributed by atoms with Gasteiger partial charge in [-0.3, -0.25) is 4.79 Å². The van der Waals surface area contributed by atoms with E-state index in [4.69, 9.17) is 0 Å². The molecule has 3 atom stereocenters. The monoisotopic (exact) mass is 286 g/mol. The summed E-state index contributed by atoms with van der Waals surface area (Å²) < 4.78 is 0. The maximum absolute atomic E-state index is 12.6. The average molecular weight is 286 g/mol. The molecule has 0 unspecified atom stereocenters. The van der Waals surface area contributed by atoms with Crippen LogP contribution < -0.4 is 0 Å². The van der Waals surface area contributed by atoms with Crippen LogP contribution in [0.2, 0.25) is 0 Å². The molecular weight excluding hydrogens is 256 g/mol. The molecule has 0 aliphatic heterocycles. The molecule has 116 valence electrons. The second-order valence-corrected chi connectivity index (χ2v) is 7.56. The highest BCUT2D eigenvalue weighted by molar-refractivity contribution is 5.95. The molecule has 21 heavy (non-hydrogen) atoms. The average Bonchev–Trinajstić information content (AvgIpc) is 2.73. The number of ketones is 1. The standard InChI is InChI=1S/C20H30O/c1-14(2)17-10-12-20(5)11-9-15(3)7-6-8-16(4)19(21)13-18(17)20/h8-9,17-18H,1,6-7,10-13H2,2-5H3/b15-9-,16-8-/t17-,18-,20-/m0/s1. The topological polar surface area (TPSA) is 17.1 Å². The SMILES string of the molecule is C=C(C)[C@@H]1CC[C@]2(C)C/C=C(/C)CC/C=C(/C)C(=O)C[C@@H]12. The van der Waals surface area contributed by atoms with Gasteiger partial charge in [0.15, 0.2) is 5.78 Å². The molecule has 1 fully saturated rings. The van der Waals surface area contributed by atoms with Gasteiger partial charge in [-0.15, -0.1) is 0 Å². The van der Waals surface area contributed by atoms with Crippen molar-refractivity contribution in [1.82, 2.24) is 0 Å². The molecule has 0 aromatic heterocycles. The molecule has 0 heterocycles. The first-order valence-corrected chi connectivity index (χ1v) is 8.34. The second-order valence-electron chi connectivity index (χ2n) is 7.56. The Bertz CT molecular complexity index is 494. The van der Waals surface area contributed by atoms with Crippen molar-refractivity contribution in [2.24, 2.45) is 17.3 Å². The molecule has 1 nitrogen and oxygen atoms in total. The van der Waals surface area contributed by atoms with Crippen molar-refractivity contribution in [3.8, 4) is 0 Å². The van der Waals surface area contributed by atoms with E-state index in [0.717, 1.165) is 24.8 Å². The van der Waals surface area contributed by atoms with E-state index < -0.39 is 0 Å². The lowest BCUT2D eigenvalue weighted by Crippen LogP contribution is -2.28. The Kier molecular flexibility index (Phi) is 4.91. The van der Waals surface area contributed by atoms with Gasteiger partial charge in [-0.1, -0.05) is 36.8 Å². The highest BCUT2D eigenvalue weighted by Gasteiger charge is 2.45. The van der Waals surface area contributed by atoms with Crippen LogP contribution in [0.15, 0.2) is 35.5 Å². The van der Waals surface area contributed by atoms with Gasteiger partial charge in [0.2, 0.25) is 0 Å². The summed E-state index contributed by atoms with van der Waals surface area (Å²) in [6, 6.07) is 0. The van der Waals surface area contributed by atoms with E-state index in [-0.39, 0.29) is 5.41 Å². The first-order chi connectivity index (χ1) is 9.83. The molecule has 2 rings (SSSR count). The lowest BCUT2D eigenvalue weighted by atomic mass is 9.70. The van der Waals surface area contributed by atoms with E-state index in [1.165, 1.54) is 24.0 Å². The summed E-state index contributed by atoms with van der Waals surface area (Å²) >= 11 is 0. The molecule has 0 amide bonds. The van der Waals surface area contributed by atoms with Gasteiger partial charge in [0.05, 0.1) is 0 Å². The van der Waals surface area contributed by atoms with Crippen molar-refractivity contribution >= 4 is 5.78 Å². The molecule has 0 radical (unpaired) electrons. The summed E-state index contributed by atoms with van der Waals surface area (Å²) in [6.07, 6.45) is 10.8. The summed E-state index contributed by atoms with van der Waals surface area (Å²) in [6.45, 7) is 12.9. The Labute approximate surface area is 130 Å². The van der Waals surface area contributed by atoms with E-state index in [1.54, 1.807) is 0 Å². The maximum Gasteiger partial charge on any atom is 0.158 e. The number of allylic oxidation sites excluding steroid dienone is 5. The van der Waals surface area contributed by atoms with Gasteiger partial charge in [-0.05, 0) is 75.7 Å². The van der Waals surface area contributed by atoms with Gasteiger partial charge in [0, 0.05) is 6.42 Å². The van der Waals surface area contributed by atoms with Crippen LogP contribution in [0, 0.1) is 17.3 Å². The number of Topliss-reactive ketones (excluding diaryl/α,β-unsaturated/α-hetero) is 1. The minimum Gasteiger partial charge on any atom is -0.295 e. The van der Waals surface area contributed by atoms with E-state index >= 15 is 0 Å². The predicted octanol–water partition coefficient (Wildman–Crippen LogP) is 5.63. The van der Waals surface area contributed by atoms with Crippen molar-refractivity contribution in [2.75, 3.05) is 0 Å². The van der Waals surface area contributed by atoms with Crippen LogP contribution in [-0.4, -0.2) is 5.78 Å². The number of fused-ring (bicyclic) bond motifs is 1. The number of rotatable bonds is 1. The number of hydrogen-bond acceptors (Lipinski definition) is 1. The molecule has 2 aliphatic carbocycles. The molecule has 0 saturated heterocycles. The lowest BCUT2D eigenvalue weighted by Gasteiger charge is -2.34. The van der Waals surface area contributed by atoms with Crippen LogP contribution in [0.4, 0.5) is 0 Å². The normalized spacial score (nSPS) is 39.5. The third kappa shape index (κ3) is 3.56. The number of hydrogen-bond donors (Lipinski definition) is 0. The third-order valence-electron chi connectivity index (χ3n) is 5.79. The molecule has 1 saturated carbocycles. The zero-order valence-corrected chi connectivity index (χ0v) is 14.2. The Hall–Kier alpha value is -1.11. The van der Waals surface area contributed by atoms with Crippen LogP contribution in [0.3, 0.4) is 0 Å². The second kappa shape index (κ2) is 6.34. The summed E-state index contributed by atoms with van der Waals surface area (Å²) in [5.74, 6) is 1.31. The Morgan fingerprint density at radius 3 is 2.71 bits per heavy atom.